The quantitative estimate of drug-likeness (QED) is 0.732. The number of thiol groups is 1. The van der Waals surface area contributed by atoms with Crippen molar-refractivity contribution in [1.29, 1.82) is 0 Å². The van der Waals surface area contributed by atoms with E-state index in [1.165, 1.54) is 32.1 Å². The van der Waals surface area contributed by atoms with Crippen molar-refractivity contribution in [3.05, 3.63) is 0 Å². The second-order valence-electron chi connectivity index (χ2n) is 5.08. The van der Waals surface area contributed by atoms with E-state index in [0.29, 0.717) is 5.41 Å². The van der Waals surface area contributed by atoms with Crippen LogP contribution < -0.4 is 0 Å². The summed E-state index contributed by atoms with van der Waals surface area (Å²) in [5.74, 6) is 1.72. The molecule has 1 aliphatic carbocycles. The molecule has 88 valence electrons. The van der Waals surface area contributed by atoms with Gasteiger partial charge in [-0.25, -0.2) is 0 Å². The molecule has 1 saturated carbocycles. The molecule has 0 N–H and O–H groups in total. The van der Waals surface area contributed by atoms with E-state index in [0.717, 1.165) is 38.1 Å². The van der Waals surface area contributed by atoms with Crippen molar-refractivity contribution in [2.45, 2.75) is 32.1 Å². The summed E-state index contributed by atoms with van der Waals surface area (Å²) in [7, 11) is 0. The summed E-state index contributed by atoms with van der Waals surface area (Å²) in [5, 5.41) is 0. The van der Waals surface area contributed by atoms with Gasteiger partial charge in [0.15, 0.2) is 0 Å². The van der Waals surface area contributed by atoms with Gasteiger partial charge in [-0.1, -0.05) is 6.42 Å². The molecule has 1 aliphatic heterocycles. The minimum atomic E-state index is 0.425. The van der Waals surface area contributed by atoms with Crippen LogP contribution in [0.1, 0.15) is 32.1 Å². The summed E-state index contributed by atoms with van der Waals surface area (Å²) in [6.45, 7) is 3.70. The fraction of sp³-hybridized carbons (Fsp3) is 1.00. The van der Waals surface area contributed by atoms with Gasteiger partial charge in [0.25, 0.3) is 0 Å². The molecule has 0 bridgehead atoms. The number of ether oxygens (including phenoxy) is 2. The lowest BCUT2D eigenvalue weighted by atomic mass is 9.71. The van der Waals surface area contributed by atoms with Gasteiger partial charge < -0.3 is 9.47 Å². The average molecular weight is 230 g/mol. The summed E-state index contributed by atoms with van der Waals surface area (Å²) >= 11 is 4.43. The molecule has 0 radical (unpaired) electrons. The molecule has 2 nitrogen and oxygen atoms in total. The largest absolute Gasteiger partial charge is 0.381 e. The van der Waals surface area contributed by atoms with E-state index in [1.54, 1.807) is 0 Å². The van der Waals surface area contributed by atoms with Crippen molar-refractivity contribution in [2.75, 3.05) is 32.2 Å². The molecule has 0 spiro atoms. The van der Waals surface area contributed by atoms with E-state index in [9.17, 15) is 0 Å². The van der Waals surface area contributed by atoms with E-state index < -0.39 is 0 Å². The topological polar surface area (TPSA) is 18.5 Å². The van der Waals surface area contributed by atoms with Gasteiger partial charge in [0.05, 0.1) is 6.61 Å². The van der Waals surface area contributed by atoms with Gasteiger partial charge in [0, 0.05) is 25.2 Å². The highest BCUT2D eigenvalue weighted by Crippen LogP contribution is 2.42. The maximum atomic E-state index is 5.87. The van der Waals surface area contributed by atoms with Crippen LogP contribution in [0.5, 0.6) is 0 Å². The van der Waals surface area contributed by atoms with Crippen LogP contribution in [0.15, 0.2) is 0 Å². The predicted octanol–water partition coefficient (Wildman–Crippen LogP) is 2.53. The number of rotatable bonds is 5. The standard InChI is InChI=1S/C12H22O2S/c15-10-12(4-1-5-12)9-14-8-11-2-6-13-7-3-11/h11,15H,1-10H2. The summed E-state index contributed by atoms with van der Waals surface area (Å²) in [5.41, 5.74) is 0.425. The van der Waals surface area contributed by atoms with Crippen LogP contribution in [0.4, 0.5) is 0 Å². The van der Waals surface area contributed by atoms with Crippen LogP contribution in [0, 0.1) is 11.3 Å². The molecule has 2 aliphatic rings. The fourth-order valence-corrected chi connectivity index (χ4v) is 2.79. The summed E-state index contributed by atoms with van der Waals surface area (Å²) in [6, 6.07) is 0. The lowest BCUT2D eigenvalue weighted by Gasteiger charge is -2.40. The summed E-state index contributed by atoms with van der Waals surface area (Å²) in [4.78, 5) is 0. The maximum absolute atomic E-state index is 5.87. The molecule has 1 heterocycles. The first kappa shape index (κ1) is 11.7. The molecule has 2 rings (SSSR count). The van der Waals surface area contributed by atoms with Crippen molar-refractivity contribution < 1.29 is 9.47 Å². The highest BCUT2D eigenvalue weighted by molar-refractivity contribution is 7.80. The van der Waals surface area contributed by atoms with Crippen molar-refractivity contribution in [3.63, 3.8) is 0 Å². The van der Waals surface area contributed by atoms with E-state index in [1.807, 2.05) is 0 Å². The van der Waals surface area contributed by atoms with Crippen LogP contribution in [0.2, 0.25) is 0 Å². The first-order chi connectivity index (χ1) is 7.35. The zero-order valence-electron chi connectivity index (χ0n) is 9.41. The molecular weight excluding hydrogens is 208 g/mol. The fourth-order valence-electron chi connectivity index (χ4n) is 2.38. The molecule has 0 amide bonds. The normalized spacial score (nSPS) is 26.2. The molecule has 2 fully saturated rings. The smallest absolute Gasteiger partial charge is 0.0530 e. The van der Waals surface area contributed by atoms with Crippen LogP contribution in [-0.4, -0.2) is 32.2 Å². The molecule has 0 unspecified atom stereocenters. The summed E-state index contributed by atoms with van der Waals surface area (Å²) < 4.78 is 11.2. The Morgan fingerprint density at radius 2 is 2.00 bits per heavy atom. The minimum Gasteiger partial charge on any atom is -0.381 e. The van der Waals surface area contributed by atoms with E-state index in [4.69, 9.17) is 9.47 Å². The second-order valence-corrected chi connectivity index (χ2v) is 5.40. The number of hydrogen-bond acceptors (Lipinski definition) is 3. The van der Waals surface area contributed by atoms with Gasteiger partial charge in [-0.15, -0.1) is 0 Å². The van der Waals surface area contributed by atoms with Gasteiger partial charge in [0.2, 0.25) is 0 Å². The third-order valence-corrected chi connectivity index (χ3v) is 4.52. The highest BCUT2D eigenvalue weighted by atomic mass is 32.1. The first-order valence-electron chi connectivity index (χ1n) is 6.11. The Bertz CT molecular complexity index is 181. The lowest BCUT2D eigenvalue weighted by molar-refractivity contribution is -0.0259. The van der Waals surface area contributed by atoms with Crippen LogP contribution in [-0.2, 0) is 9.47 Å². The Kier molecular flexibility index (Phi) is 4.35. The van der Waals surface area contributed by atoms with Gasteiger partial charge >= 0.3 is 0 Å². The van der Waals surface area contributed by atoms with E-state index in [2.05, 4.69) is 12.6 Å². The third kappa shape index (κ3) is 3.11. The maximum Gasteiger partial charge on any atom is 0.0530 e. The van der Waals surface area contributed by atoms with Gasteiger partial charge in [0.1, 0.15) is 0 Å². The molecule has 1 saturated heterocycles. The van der Waals surface area contributed by atoms with Crippen LogP contribution in [0.25, 0.3) is 0 Å². The molecule has 0 aromatic heterocycles. The minimum absolute atomic E-state index is 0.425. The molecule has 0 aromatic rings. The van der Waals surface area contributed by atoms with Crippen molar-refractivity contribution in [3.8, 4) is 0 Å². The molecule has 0 atom stereocenters. The third-order valence-electron chi connectivity index (χ3n) is 3.85. The van der Waals surface area contributed by atoms with Gasteiger partial charge in [-0.3, -0.25) is 0 Å². The second kappa shape index (κ2) is 5.55. The SMILES string of the molecule is SCC1(COCC2CCOCC2)CCC1. The lowest BCUT2D eigenvalue weighted by Crippen LogP contribution is -2.37. The Labute approximate surface area is 98.1 Å². The Balaban J connectivity index is 1.61. The van der Waals surface area contributed by atoms with Crippen molar-refractivity contribution >= 4 is 12.6 Å². The highest BCUT2D eigenvalue weighted by Gasteiger charge is 2.35. The van der Waals surface area contributed by atoms with Crippen LogP contribution in [0.3, 0.4) is 0 Å². The van der Waals surface area contributed by atoms with Crippen LogP contribution >= 0.6 is 12.6 Å². The zero-order valence-corrected chi connectivity index (χ0v) is 10.3. The molecule has 15 heavy (non-hydrogen) atoms. The average Bonchev–Trinajstić information content (AvgIpc) is 2.24. The number of hydrogen-bond donors (Lipinski definition) is 1. The van der Waals surface area contributed by atoms with E-state index >= 15 is 0 Å². The van der Waals surface area contributed by atoms with E-state index in [-0.39, 0.29) is 0 Å². The summed E-state index contributed by atoms with van der Waals surface area (Å²) in [6.07, 6.45) is 6.33. The molecular formula is C12H22O2S. The monoisotopic (exact) mass is 230 g/mol. The van der Waals surface area contributed by atoms with Gasteiger partial charge in [-0.2, -0.15) is 12.6 Å². The van der Waals surface area contributed by atoms with Gasteiger partial charge in [-0.05, 0) is 37.4 Å². The molecule has 0 aromatic carbocycles. The zero-order chi connectivity index (χ0) is 10.6. The molecule has 3 heteroatoms. The predicted molar refractivity (Wildman–Crippen MR) is 64.5 cm³/mol. The Morgan fingerprint density at radius 1 is 1.27 bits per heavy atom. The van der Waals surface area contributed by atoms with Crippen molar-refractivity contribution in [1.82, 2.24) is 0 Å². The Hall–Kier alpha value is 0.270. The Morgan fingerprint density at radius 3 is 2.53 bits per heavy atom. The van der Waals surface area contributed by atoms with Crippen molar-refractivity contribution in [2.24, 2.45) is 11.3 Å². The first-order valence-corrected chi connectivity index (χ1v) is 6.74.